The van der Waals surface area contributed by atoms with Crippen molar-refractivity contribution in [3.63, 3.8) is 0 Å². The van der Waals surface area contributed by atoms with E-state index in [0.29, 0.717) is 23.7 Å². The largest absolute Gasteiger partial charge is 0.468 e. The predicted octanol–water partition coefficient (Wildman–Crippen LogP) is 0.224. The second-order valence-electron chi connectivity index (χ2n) is 8.52. The maximum absolute atomic E-state index is 12.0. The molecule has 1 aromatic heterocycles. The van der Waals surface area contributed by atoms with Gasteiger partial charge in [0.05, 0.1) is 24.9 Å². The lowest BCUT2D eigenvalue weighted by molar-refractivity contribution is -0.146. The van der Waals surface area contributed by atoms with Crippen molar-refractivity contribution in [3.8, 4) is 0 Å². The van der Waals surface area contributed by atoms with E-state index in [0.717, 1.165) is 19.6 Å². The number of nitrogens with one attached hydrogen (secondary N) is 2. The van der Waals surface area contributed by atoms with Crippen molar-refractivity contribution in [2.24, 2.45) is 17.8 Å². The van der Waals surface area contributed by atoms with Crippen LogP contribution in [0.25, 0.3) is 0 Å². The van der Waals surface area contributed by atoms with E-state index in [1.54, 1.807) is 5.48 Å². The van der Waals surface area contributed by atoms with Crippen LogP contribution < -0.4 is 15.7 Å². The number of anilines is 1. The molecule has 1 aliphatic heterocycles. The van der Waals surface area contributed by atoms with Crippen LogP contribution in [0.1, 0.15) is 31.1 Å². The minimum atomic E-state index is -0.637. The Hall–Kier alpha value is -2.30. The molecule has 2 aliphatic rings. The third kappa shape index (κ3) is 5.20. The number of ether oxygens (including phenoxy) is 2. The highest BCUT2D eigenvalue weighted by Gasteiger charge is 2.55. The number of amides is 1. The summed E-state index contributed by atoms with van der Waals surface area (Å²) < 4.78 is 10.6. The minimum absolute atomic E-state index is 0.203. The number of carbonyl (C=O) groups is 2. The molecule has 160 valence electrons. The second-order valence-corrected chi connectivity index (χ2v) is 8.52. The summed E-state index contributed by atoms with van der Waals surface area (Å²) in [7, 11) is 1.38. The minimum Gasteiger partial charge on any atom is -0.468 e. The first-order valence-corrected chi connectivity index (χ1v) is 9.70. The Kier molecular flexibility index (Phi) is 6.35. The van der Waals surface area contributed by atoms with Gasteiger partial charge < -0.3 is 19.7 Å². The van der Waals surface area contributed by atoms with Crippen LogP contribution in [-0.4, -0.2) is 72.0 Å². The predicted molar refractivity (Wildman–Crippen MR) is 103 cm³/mol. The normalized spacial score (nSPS) is 24.0. The number of piperidine rings is 1. The van der Waals surface area contributed by atoms with E-state index in [2.05, 4.69) is 20.2 Å². The average molecular weight is 407 g/mol. The van der Waals surface area contributed by atoms with Crippen LogP contribution in [0.4, 0.5) is 5.95 Å². The molecule has 3 rings (SSSR count). The van der Waals surface area contributed by atoms with Crippen molar-refractivity contribution in [1.29, 1.82) is 0 Å². The van der Waals surface area contributed by atoms with Crippen LogP contribution in [0.3, 0.4) is 0 Å². The lowest BCUT2D eigenvalue weighted by atomic mass is 10.2. The Balaban J connectivity index is 1.47. The quantitative estimate of drug-likeness (QED) is 0.315. The molecule has 2 unspecified atom stereocenters. The lowest BCUT2D eigenvalue weighted by Crippen LogP contribution is -2.44. The van der Waals surface area contributed by atoms with Crippen LogP contribution in [0.2, 0.25) is 0 Å². The molecule has 2 heterocycles. The standard InChI is InChI=1S/C19H29N5O5/c1-19(2,3)29-10-15(17(26)28-4)20-7-12-13-8-24(9-14(12)13)18-21-5-11(6-22-18)16(25)23-27/h5-6,12-15,20,27H,7-10H2,1-4H3,(H,23,25)/t12?,13?,14?,15-/m0/s1. The van der Waals surface area contributed by atoms with Gasteiger partial charge in [-0.15, -0.1) is 0 Å². The Bertz CT molecular complexity index is 724. The fourth-order valence-electron chi connectivity index (χ4n) is 3.75. The Morgan fingerprint density at radius 2 is 1.90 bits per heavy atom. The molecule has 1 saturated carbocycles. The molecule has 1 aromatic rings. The zero-order valence-corrected chi connectivity index (χ0v) is 17.2. The van der Waals surface area contributed by atoms with E-state index in [1.807, 2.05) is 20.8 Å². The molecule has 0 bridgehead atoms. The van der Waals surface area contributed by atoms with E-state index in [4.69, 9.17) is 14.7 Å². The van der Waals surface area contributed by atoms with Gasteiger partial charge in [0.1, 0.15) is 6.04 Å². The van der Waals surface area contributed by atoms with Crippen molar-refractivity contribution in [1.82, 2.24) is 20.8 Å². The van der Waals surface area contributed by atoms with Crippen LogP contribution in [0.5, 0.6) is 0 Å². The van der Waals surface area contributed by atoms with Crippen molar-refractivity contribution >= 4 is 17.8 Å². The lowest BCUT2D eigenvalue weighted by Gasteiger charge is -2.24. The summed E-state index contributed by atoms with van der Waals surface area (Å²) in [4.78, 5) is 33.9. The highest BCUT2D eigenvalue weighted by Crippen LogP contribution is 2.51. The van der Waals surface area contributed by atoms with E-state index in [1.165, 1.54) is 19.5 Å². The zero-order valence-electron chi connectivity index (χ0n) is 17.2. The summed E-state index contributed by atoms with van der Waals surface area (Å²) in [6.07, 6.45) is 2.79. The van der Waals surface area contributed by atoms with Gasteiger partial charge >= 0.3 is 5.97 Å². The molecule has 10 nitrogen and oxygen atoms in total. The highest BCUT2D eigenvalue weighted by atomic mass is 16.5. The number of esters is 1. The maximum atomic E-state index is 12.0. The molecule has 0 radical (unpaired) electrons. The van der Waals surface area contributed by atoms with Crippen LogP contribution in [-0.2, 0) is 14.3 Å². The van der Waals surface area contributed by atoms with Crippen LogP contribution in [0.15, 0.2) is 12.4 Å². The van der Waals surface area contributed by atoms with E-state index in [-0.39, 0.29) is 23.7 Å². The van der Waals surface area contributed by atoms with Gasteiger partial charge in [-0.05, 0) is 45.1 Å². The zero-order chi connectivity index (χ0) is 21.2. The van der Waals surface area contributed by atoms with Gasteiger partial charge in [0.25, 0.3) is 5.91 Å². The summed E-state index contributed by atoms with van der Waals surface area (Å²) in [5.74, 6) is 1.16. The molecule has 0 spiro atoms. The van der Waals surface area contributed by atoms with Gasteiger partial charge in [0.2, 0.25) is 5.95 Å². The van der Waals surface area contributed by atoms with Gasteiger partial charge in [-0.25, -0.2) is 15.4 Å². The first-order chi connectivity index (χ1) is 13.7. The number of hydroxylamine groups is 1. The van der Waals surface area contributed by atoms with Crippen molar-refractivity contribution in [3.05, 3.63) is 18.0 Å². The molecule has 3 N–H and O–H groups in total. The fourth-order valence-corrected chi connectivity index (χ4v) is 3.75. The van der Waals surface area contributed by atoms with Gasteiger partial charge in [0.15, 0.2) is 0 Å². The molecule has 1 saturated heterocycles. The van der Waals surface area contributed by atoms with Crippen molar-refractivity contribution in [2.45, 2.75) is 32.4 Å². The number of rotatable bonds is 8. The molecule has 1 aliphatic carbocycles. The fraction of sp³-hybridized carbons (Fsp3) is 0.684. The van der Waals surface area contributed by atoms with Gasteiger partial charge in [0, 0.05) is 25.5 Å². The number of methoxy groups -OCH3 is 1. The third-order valence-corrected chi connectivity index (χ3v) is 5.42. The SMILES string of the molecule is COC(=O)[C@H](COC(C)(C)C)NCC1C2CN(c3ncc(C(=O)NO)cn3)CC12. The molecule has 29 heavy (non-hydrogen) atoms. The summed E-state index contributed by atoms with van der Waals surface area (Å²) in [5, 5.41) is 11.9. The third-order valence-electron chi connectivity index (χ3n) is 5.42. The smallest absolute Gasteiger partial charge is 0.325 e. The van der Waals surface area contributed by atoms with Gasteiger partial charge in [-0.2, -0.15) is 0 Å². The number of nitrogens with zero attached hydrogens (tertiary/aromatic N) is 3. The summed E-state index contributed by atoms with van der Waals surface area (Å²) >= 11 is 0. The topological polar surface area (TPSA) is 126 Å². The molecular weight excluding hydrogens is 378 g/mol. The maximum Gasteiger partial charge on any atom is 0.325 e. The number of hydrogen-bond donors (Lipinski definition) is 3. The molecule has 1 amide bonds. The summed E-state index contributed by atoms with van der Waals surface area (Å²) in [5.41, 5.74) is 1.44. The number of carbonyl (C=O) groups excluding carboxylic acids is 2. The van der Waals surface area contributed by atoms with E-state index >= 15 is 0 Å². The molecule has 10 heteroatoms. The molecule has 3 atom stereocenters. The summed E-state index contributed by atoms with van der Waals surface area (Å²) in [6, 6.07) is -0.481. The number of fused-ring (bicyclic) bond motifs is 1. The first-order valence-electron chi connectivity index (χ1n) is 9.70. The molecule has 0 aromatic carbocycles. The average Bonchev–Trinajstić information content (AvgIpc) is 3.15. The number of aromatic nitrogens is 2. The monoisotopic (exact) mass is 407 g/mol. The van der Waals surface area contributed by atoms with E-state index in [9.17, 15) is 9.59 Å². The Morgan fingerprint density at radius 1 is 1.28 bits per heavy atom. The van der Waals surface area contributed by atoms with Gasteiger partial charge in [-0.3, -0.25) is 14.8 Å². The van der Waals surface area contributed by atoms with Gasteiger partial charge in [-0.1, -0.05) is 0 Å². The highest BCUT2D eigenvalue weighted by molar-refractivity contribution is 5.92. The number of hydrogen-bond acceptors (Lipinski definition) is 9. The van der Waals surface area contributed by atoms with E-state index < -0.39 is 11.9 Å². The van der Waals surface area contributed by atoms with Crippen molar-refractivity contribution < 1.29 is 24.3 Å². The van der Waals surface area contributed by atoms with Crippen LogP contribution in [0, 0.1) is 17.8 Å². The second kappa shape index (κ2) is 8.60. The van der Waals surface area contributed by atoms with Crippen molar-refractivity contribution in [2.75, 3.05) is 38.3 Å². The Morgan fingerprint density at radius 3 is 2.41 bits per heavy atom. The molecular formula is C19H29N5O5. The van der Waals surface area contributed by atoms with Crippen LogP contribution >= 0.6 is 0 Å². The molecule has 2 fully saturated rings. The summed E-state index contributed by atoms with van der Waals surface area (Å²) in [6.45, 7) is 8.52. The Labute approximate surface area is 169 Å². The first kappa shape index (κ1) is 21.4.